The van der Waals surface area contributed by atoms with E-state index < -0.39 is 12.6 Å². The molecule has 70 valence electrons. The average Bonchev–Trinajstić information content (AvgIpc) is 2.01. The lowest BCUT2D eigenvalue weighted by Crippen LogP contribution is -2.11. The highest BCUT2D eigenvalue weighted by Gasteiger charge is 2.27. The van der Waals surface area contributed by atoms with Crippen LogP contribution in [0.4, 0.5) is 13.2 Å². The summed E-state index contributed by atoms with van der Waals surface area (Å²) in [5.74, 6) is 0. The Morgan fingerprint density at radius 3 is 2.62 bits per heavy atom. The maximum Gasteiger partial charge on any atom is 0.393 e. The summed E-state index contributed by atoms with van der Waals surface area (Å²) in [6.07, 6.45) is -2.54. The second-order valence-electron chi connectivity index (χ2n) is 2.54. The molecular weight excluding hydrogens is 183 g/mol. The van der Waals surface area contributed by atoms with Crippen LogP contribution in [0, 0.1) is 0 Å². The zero-order valence-corrected chi connectivity index (χ0v) is 6.51. The number of nitrogens with zero attached hydrogens (tertiary/aromatic N) is 1. The van der Waals surface area contributed by atoms with E-state index in [1.807, 2.05) is 0 Å². The predicted molar refractivity (Wildman–Crippen MR) is 39.4 cm³/mol. The molecular formula is C8H6F3NO. The van der Waals surface area contributed by atoms with Gasteiger partial charge in [0.1, 0.15) is 0 Å². The maximum absolute atomic E-state index is 11.9. The number of alkyl halides is 3. The molecule has 0 unspecified atom stereocenters. The molecule has 0 saturated carbocycles. The Labute approximate surface area is 72.4 Å². The quantitative estimate of drug-likeness (QED) is 0.666. The van der Waals surface area contributed by atoms with Gasteiger partial charge in [0.05, 0.1) is 6.42 Å². The van der Waals surface area contributed by atoms with Crippen molar-refractivity contribution in [2.24, 2.45) is 0 Å². The first-order valence-corrected chi connectivity index (χ1v) is 3.47. The molecule has 2 nitrogen and oxygen atoms in total. The van der Waals surface area contributed by atoms with Crippen LogP contribution in [0.3, 0.4) is 0 Å². The van der Waals surface area contributed by atoms with E-state index in [0.29, 0.717) is 6.29 Å². The van der Waals surface area contributed by atoms with Gasteiger partial charge in [0.2, 0.25) is 0 Å². The van der Waals surface area contributed by atoms with E-state index in [9.17, 15) is 18.0 Å². The molecule has 0 N–H and O–H groups in total. The highest BCUT2D eigenvalue weighted by Crippen LogP contribution is 2.20. The third kappa shape index (κ3) is 3.23. The van der Waals surface area contributed by atoms with E-state index in [-0.39, 0.29) is 11.1 Å². The zero-order valence-electron chi connectivity index (χ0n) is 6.51. The van der Waals surface area contributed by atoms with Crippen LogP contribution in [0.25, 0.3) is 0 Å². The zero-order chi connectivity index (χ0) is 9.90. The van der Waals surface area contributed by atoms with Crippen LogP contribution in [-0.4, -0.2) is 17.4 Å². The standard InChI is InChI=1S/C8H6F3NO/c9-8(10,11)2-6-1-7(5-13)4-12-3-6/h1,3-5H,2H2. The second-order valence-corrected chi connectivity index (χ2v) is 2.54. The summed E-state index contributed by atoms with van der Waals surface area (Å²) < 4.78 is 35.6. The van der Waals surface area contributed by atoms with E-state index in [0.717, 1.165) is 6.20 Å². The molecule has 0 bridgehead atoms. The van der Waals surface area contributed by atoms with Crippen LogP contribution < -0.4 is 0 Å². The molecule has 1 heterocycles. The maximum atomic E-state index is 11.9. The SMILES string of the molecule is O=Cc1cncc(CC(F)(F)F)c1. The Morgan fingerprint density at radius 1 is 1.38 bits per heavy atom. The fourth-order valence-corrected chi connectivity index (χ4v) is 0.900. The minimum atomic E-state index is -4.26. The molecule has 0 aromatic carbocycles. The Balaban J connectivity index is 2.84. The van der Waals surface area contributed by atoms with Crippen molar-refractivity contribution in [3.8, 4) is 0 Å². The van der Waals surface area contributed by atoms with E-state index in [1.54, 1.807) is 0 Å². The van der Waals surface area contributed by atoms with Crippen LogP contribution in [0.15, 0.2) is 18.5 Å². The predicted octanol–water partition coefficient (Wildman–Crippen LogP) is 2.00. The van der Waals surface area contributed by atoms with Crippen molar-refractivity contribution in [2.45, 2.75) is 12.6 Å². The number of halogens is 3. The van der Waals surface area contributed by atoms with E-state index in [4.69, 9.17) is 0 Å². The first-order chi connectivity index (χ1) is 6.01. The lowest BCUT2D eigenvalue weighted by atomic mass is 10.1. The van der Waals surface area contributed by atoms with Crippen LogP contribution in [0.1, 0.15) is 15.9 Å². The highest BCUT2D eigenvalue weighted by molar-refractivity contribution is 5.74. The van der Waals surface area contributed by atoms with Gasteiger partial charge >= 0.3 is 6.18 Å². The van der Waals surface area contributed by atoms with Crippen molar-refractivity contribution < 1.29 is 18.0 Å². The van der Waals surface area contributed by atoms with Crippen LogP contribution in [0.5, 0.6) is 0 Å². The smallest absolute Gasteiger partial charge is 0.298 e. The Kier molecular flexibility index (Phi) is 2.65. The summed E-state index contributed by atoms with van der Waals surface area (Å²) in [5.41, 5.74) is 0.152. The van der Waals surface area contributed by atoms with Crippen molar-refractivity contribution in [2.75, 3.05) is 0 Å². The van der Waals surface area contributed by atoms with Gasteiger partial charge < -0.3 is 0 Å². The molecule has 0 amide bonds. The Hall–Kier alpha value is -1.39. The van der Waals surface area contributed by atoms with Gasteiger partial charge in [0, 0.05) is 18.0 Å². The molecule has 0 radical (unpaired) electrons. The number of hydrogen-bond donors (Lipinski definition) is 0. The van der Waals surface area contributed by atoms with Gasteiger partial charge in [-0.1, -0.05) is 0 Å². The second kappa shape index (κ2) is 3.55. The van der Waals surface area contributed by atoms with Crippen molar-refractivity contribution in [1.29, 1.82) is 0 Å². The first-order valence-electron chi connectivity index (χ1n) is 3.47. The average molecular weight is 189 g/mol. The van der Waals surface area contributed by atoms with Gasteiger partial charge in [-0.3, -0.25) is 9.78 Å². The number of carbonyl (C=O) groups is 1. The van der Waals surface area contributed by atoms with Crippen LogP contribution in [-0.2, 0) is 6.42 Å². The molecule has 13 heavy (non-hydrogen) atoms. The minimum absolute atomic E-state index is 0.00269. The van der Waals surface area contributed by atoms with Gasteiger partial charge in [-0.05, 0) is 11.6 Å². The number of aldehydes is 1. The molecule has 0 atom stereocenters. The molecule has 1 aromatic heterocycles. The fraction of sp³-hybridized carbons (Fsp3) is 0.250. The van der Waals surface area contributed by atoms with Gasteiger partial charge in [-0.15, -0.1) is 0 Å². The van der Waals surface area contributed by atoms with Gasteiger partial charge in [0.25, 0.3) is 0 Å². The monoisotopic (exact) mass is 189 g/mol. The summed E-state index contributed by atoms with van der Waals surface area (Å²) in [7, 11) is 0. The molecule has 0 spiro atoms. The molecule has 0 aliphatic heterocycles. The van der Waals surface area contributed by atoms with E-state index in [2.05, 4.69) is 4.98 Å². The van der Waals surface area contributed by atoms with Gasteiger partial charge in [-0.25, -0.2) is 0 Å². The van der Waals surface area contributed by atoms with Gasteiger partial charge in [-0.2, -0.15) is 13.2 Å². The molecule has 1 aromatic rings. The Morgan fingerprint density at radius 2 is 2.08 bits per heavy atom. The normalized spacial score (nSPS) is 11.3. The molecule has 0 fully saturated rings. The third-order valence-electron chi connectivity index (χ3n) is 1.36. The number of hydrogen-bond acceptors (Lipinski definition) is 2. The minimum Gasteiger partial charge on any atom is -0.298 e. The third-order valence-corrected chi connectivity index (χ3v) is 1.36. The molecule has 0 aliphatic carbocycles. The largest absolute Gasteiger partial charge is 0.393 e. The summed E-state index contributed by atoms with van der Waals surface area (Å²) >= 11 is 0. The van der Waals surface area contributed by atoms with Gasteiger partial charge in [0.15, 0.2) is 6.29 Å². The molecule has 5 heteroatoms. The highest BCUT2D eigenvalue weighted by atomic mass is 19.4. The molecule has 0 saturated heterocycles. The Bertz CT molecular complexity index is 309. The van der Waals surface area contributed by atoms with Crippen molar-refractivity contribution >= 4 is 6.29 Å². The summed E-state index contributed by atoms with van der Waals surface area (Å²) in [6, 6.07) is 1.17. The van der Waals surface area contributed by atoms with Crippen molar-refractivity contribution in [3.63, 3.8) is 0 Å². The van der Waals surface area contributed by atoms with E-state index >= 15 is 0 Å². The fourth-order valence-electron chi connectivity index (χ4n) is 0.900. The number of carbonyl (C=O) groups excluding carboxylic acids is 1. The first kappa shape index (κ1) is 9.70. The summed E-state index contributed by atoms with van der Waals surface area (Å²) in [6.45, 7) is 0. The number of pyridine rings is 1. The summed E-state index contributed by atoms with van der Waals surface area (Å²) in [4.78, 5) is 13.7. The molecule has 0 aliphatic rings. The van der Waals surface area contributed by atoms with Crippen LogP contribution >= 0.6 is 0 Å². The van der Waals surface area contributed by atoms with Crippen molar-refractivity contribution in [3.05, 3.63) is 29.6 Å². The lowest BCUT2D eigenvalue weighted by molar-refractivity contribution is -0.127. The number of aromatic nitrogens is 1. The number of rotatable bonds is 2. The topological polar surface area (TPSA) is 30.0 Å². The molecule has 1 rings (SSSR count). The van der Waals surface area contributed by atoms with Crippen LogP contribution in [0.2, 0.25) is 0 Å². The van der Waals surface area contributed by atoms with Crippen molar-refractivity contribution in [1.82, 2.24) is 4.98 Å². The lowest BCUT2D eigenvalue weighted by Gasteiger charge is -2.05. The summed E-state index contributed by atoms with van der Waals surface area (Å²) in [5, 5.41) is 0. The van der Waals surface area contributed by atoms with E-state index in [1.165, 1.54) is 12.3 Å².